The minimum Gasteiger partial charge on any atom is -0.467 e. The summed E-state index contributed by atoms with van der Waals surface area (Å²) in [5.41, 5.74) is 3.57. The molecule has 6 heteroatoms. The number of anilines is 1. The van der Waals surface area contributed by atoms with Crippen LogP contribution in [0.1, 0.15) is 42.5 Å². The van der Waals surface area contributed by atoms with Crippen LogP contribution in [-0.2, 0) is 12.0 Å². The Morgan fingerprint density at radius 3 is 2.39 bits per heavy atom. The van der Waals surface area contributed by atoms with E-state index in [1.165, 1.54) is 16.9 Å². The van der Waals surface area contributed by atoms with Gasteiger partial charge in [0, 0.05) is 21.5 Å². The van der Waals surface area contributed by atoms with Crippen molar-refractivity contribution in [3.63, 3.8) is 0 Å². The normalized spacial score (nSPS) is 11.5. The summed E-state index contributed by atoms with van der Waals surface area (Å²) in [6.45, 7) is 6.77. The molecule has 31 heavy (non-hydrogen) atoms. The maximum atomic E-state index is 13.5. The van der Waals surface area contributed by atoms with Gasteiger partial charge in [-0.3, -0.25) is 9.69 Å². The van der Waals surface area contributed by atoms with E-state index < -0.39 is 0 Å². The van der Waals surface area contributed by atoms with Crippen molar-refractivity contribution in [1.82, 2.24) is 4.98 Å². The molecule has 2 aromatic heterocycles. The third-order valence-electron chi connectivity index (χ3n) is 5.00. The van der Waals surface area contributed by atoms with E-state index in [0.29, 0.717) is 28.0 Å². The van der Waals surface area contributed by atoms with E-state index in [1.54, 1.807) is 11.2 Å². The van der Waals surface area contributed by atoms with Crippen LogP contribution in [0.4, 0.5) is 5.13 Å². The highest BCUT2D eigenvalue weighted by Crippen LogP contribution is 2.31. The molecule has 0 saturated heterocycles. The van der Waals surface area contributed by atoms with Crippen molar-refractivity contribution >= 4 is 34.0 Å². The highest BCUT2D eigenvalue weighted by atomic mass is 35.5. The van der Waals surface area contributed by atoms with Crippen LogP contribution in [0.15, 0.2) is 76.7 Å². The molecule has 0 aliphatic carbocycles. The quantitative estimate of drug-likeness (QED) is 0.323. The topological polar surface area (TPSA) is 46.3 Å². The molecular weight excluding hydrogens is 428 g/mol. The largest absolute Gasteiger partial charge is 0.467 e. The lowest BCUT2D eigenvalue weighted by molar-refractivity contribution is 0.0983. The number of furan rings is 1. The maximum Gasteiger partial charge on any atom is 0.260 e. The van der Waals surface area contributed by atoms with Gasteiger partial charge in [-0.15, -0.1) is 11.3 Å². The number of hydrogen-bond donors (Lipinski definition) is 0. The smallest absolute Gasteiger partial charge is 0.260 e. The van der Waals surface area contributed by atoms with Crippen LogP contribution >= 0.6 is 22.9 Å². The van der Waals surface area contributed by atoms with Gasteiger partial charge in [0.05, 0.1) is 18.5 Å². The first-order chi connectivity index (χ1) is 14.8. The molecule has 0 fully saturated rings. The highest BCUT2D eigenvalue weighted by Gasteiger charge is 2.23. The van der Waals surface area contributed by atoms with Crippen molar-refractivity contribution in [3.05, 3.63) is 94.2 Å². The molecule has 4 aromatic rings. The number of rotatable bonds is 5. The summed E-state index contributed by atoms with van der Waals surface area (Å²) in [7, 11) is 0. The van der Waals surface area contributed by atoms with E-state index >= 15 is 0 Å². The van der Waals surface area contributed by atoms with Gasteiger partial charge < -0.3 is 4.42 Å². The number of carbonyl (C=O) groups excluding carboxylic acids is 1. The number of amides is 1. The summed E-state index contributed by atoms with van der Waals surface area (Å²) in [5, 5.41) is 3.24. The van der Waals surface area contributed by atoms with Gasteiger partial charge in [-0.1, -0.05) is 56.6 Å². The zero-order valence-electron chi connectivity index (χ0n) is 17.6. The average molecular weight is 451 g/mol. The monoisotopic (exact) mass is 450 g/mol. The molecule has 0 bridgehead atoms. The van der Waals surface area contributed by atoms with Crippen molar-refractivity contribution in [1.29, 1.82) is 0 Å². The predicted molar refractivity (Wildman–Crippen MR) is 127 cm³/mol. The molecule has 0 N–H and O–H groups in total. The molecule has 0 radical (unpaired) electrons. The molecular formula is C25H23ClN2O2S. The first-order valence-corrected chi connectivity index (χ1v) is 11.2. The van der Waals surface area contributed by atoms with Gasteiger partial charge in [-0.25, -0.2) is 4.98 Å². The van der Waals surface area contributed by atoms with Gasteiger partial charge in [-0.05, 0) is 47.4 Å². The third-order valence-corrected chi connectivity index (χ3v) is 6.12. The molecule has 0 unspecified atom stereocenters. The van der Waals surface area contributed by atoms with Crippen LogP contribution in [-0.4, -0.2) is 10.9 Å². The lowest BCUT2D eigenvalue weighted by atomic mass is 9.86. The Morgan fingerprint density at radius 2 is 1.77 bits per heavy atom. The number of halogens is 1. The fourth-order valence-electron chi connectivity index (χ4n) is 3.19. The molecule has 0 aliphatic rings. The zero-order valence-corrected chi connectivity index (χ0v) is 19.2. The van der Waals surface area contributed by atoms with Gasteiger partial charge in [-0.2, -0.15) is 0 Å². The lowest BCUT2D eigenvalue weighted by Crippen LogP contribution is -2.30. The third kappa shape index (κ3) is 4.89. The molecule has 158 valence electrons. The number of benzene rings is 2. The Kier molecular flexibility index (Phi) is 5.99. The van der Waals surface area contributed by atoms with Gasteiger partial charge in [0.25, 0.3) is 5.91 Å². The van der Waals surface area contributed by atoms with Gasteiger partial charge in [0.2, 0.25) is 0 Å². The number of aromatic nitrogens is 1. The van der Waals surface area contributed by atoms with Gasteiger partial charge in [0.1, 0.15) is 5.76 Å². The SMILES string of the molecule is CC(C)(C)c1ccc(C(=O)N(Cc2ccco2)c2nc(-c3ccc(Cl)cc3)cs2)cc1. The summed E-state index contributed by atoms with van der Waals surface area (Å²) in [5.74, 6) is 0.580. The zero-order chi connectivity index (χ0) is 22.0. The van der Waals surface area contributed by atoms with Crippen molar-refractivity contribution < 1.29 is 9.21 Å². The molecule has 0 spiro atoms. The van der Waals surface area contributed by atoms with E-state index in [1.807, 2.05) is 66.0 Å². The van der Waals surface area contributed by atoms with Crippen molar-refractivity contribution in [2.24, 2.45) is 0 Å². The Hall–Kier alpha value is -2.89. The molecule has 2 aromatic carbocycles. The fraction of sp³-hybridized carbons (Fsp3) is 0.200. The molecule has 4 rings (SSSR count). The average Bonchev–Trinajstić information content (AvgIpc) is 3.44. The Balaban J connectivity index is 1.66. The molecule has 2 heterocycles. The second-order valence-electron chi connectivity index (χ2n) is 8.32. The Bertz CT molecular complexity index is 1160. The van der Waals surface area contributed by atoms with E-state index in [9.17, 15) is 4.79 Å². The van der Waals surface area contributed by atoms with Crippen molar-refractivity contribution in [2.75, 3.05) is 4.90 Å². The standard InChI is InChI=1S/C25H23ClN2O2S/c1-25(2,3)19-10-6-18(7-11-19)23(29)28(15-21-5-4-14-30-21)24-27-22(16-31-24)17-8-12-20(26)13-9-17/h4-14,16H,15H2,1-3H3. The summed E-state index contributed by atoms with van der Waals surface area (Å²) in [6.07, 6.45) is 1.61. The van der Waals surface area contributed by atoms with Crippen LogP contribution in [0.2, 0.25) is 5.02 Å². The predicted octanol–water partition coefficient (Wildman–Crippen LogP) is 7.20. The van der Waals surface area contributed by atoms with E-state index in [0.717, 1.165) is 11.3 Å². The number of hydrogen-bond acceptors (Lipinski definition) is 4. The second kappa shape index (κ2) is 8.69. The summed E-state index contributed by atoms with van der Waals surface area (Å²) < 4.78 is 5.51. The van der Waals surface area contributed by atoms with Crippen LogP contribution in [0, 0.1) is 0 Å². The van der Waals surface area contributed by atoms with Gasteiger partial charge in [0.15, 0.2) is 5.13 Å². The number of thiazole rings is 1. The molecule has 4 nitrogen and oxygen atoms in total. The second-order valence-corrected chi connectivity index (χ2v) is 9.59. The van der Waals surface area contributed by atoms with E-state index in [-0.39, 0.29) is 11.3 Å². The number of carbonyl (C=O) groups is 1. The van der Waals surface area contributed by atoms with Gasteiger partial charge >= 0.3 is 0 Å². The molecule has 0 atom stereocenters. The lowest BCUT2D eigenvalue weighted by Gasteiger charge is -2.21. The van der Waals surface area contributed by atoms with E-state index in [4.69, 9.17) is 21.0 Å². The summed E-state index contributed by atoms with van der Waals surface area (Å²) >= 11 is 7.43. The van der Waals surface area contributed by atoms with Crippen LogP contribution in [0.3, 0.4) is 0 Å². The van der Waals surface area contributed by atoms with Crippen LogP contribution < -0.4 is 4.90 Å². The Labute approximate surface area is 191 Å². The minimum absolute atomic E-state index is 0.0260. The van der Waals surface area contributed by atoms with Crippen molar-refractivity contribution in [2.45, 2.75) is 32.7 Å². The van der Waals surface area contributed by atoms with E-state index in [2.05, 4.69) is 20.8 Å². The first-order valence-electron chi connectivity index (χ1n) is 9.97. The molecule has 0 aliphatic heterocycles. The molecule has 0 saturated carbocycles. The van der Waals surface area contributed by atoms with Crippen LogP contribution in [0.5, 0.6) is 0 Å². The fourth-order valence-corrected chi connectivity index (χ4v) is 4.15. The summed E-state index contributed by atoms with van der Waals surface area (Å²) in [6, 6.07) is 19.0. The Morgan fingerprint density at radius 1 is 1.06 bits per heavy atom. The highest BCUT2D eigenvalue weighted by molar-refractivity contribution is 7.14. The maximum absolute atomic E-state index is 13.5. The molecule has 1 amide bonds. The first kappa shape index (κ1) is 21.3. The minimum atomic E-state index is -0.117. The van der Waals surface area contributed by atoms with Crippen molar-refractivity contribution in [3.8, 4) is 11.3 Å². The van der Waals surface area contributed by atoms with Crippen LogP contribution in [0.25, 0.3) is 11.3 Å². The summed E-state index contributed by atoms with van der Waals surface area (Å²) in [4.78, 5) is 19.9. The number of nitrogens with zero attached hydrogens (tertiary/aromatic N) is 2.